The van der Waals surface area contributed by atoms with E-state index in [-0.39, 0.29) is 5.91 Å². The maximum atomic E-state index is 12.3. The van der Waals surface area contributed by atoms with Crippen molar-refractivity contribution in [3.8, 4) is 0 Å². The smallest absolute Gasteiger partial charge is 0.277 e. The van der Waals surface area contributed by atoms with Crippen molar-refractivity contribution in [2.24, 2.45) is 4.99 Å². The van der Waals surface area contributed by atoms with Gasteiger partial charge >= 0.3 is 0 Å². The number of amidine groups is 1. The highest BCUT2D eigenvalue weighted by molar-refractivity contribution is 6.30. The number of aliphatic imine (C=N–C) groups is 1. The number of hydrogen-bond acceptors (Lipinski definition) is 3. The van der Waals surface area contributed by atoms with E-state index in [0.29, 0.717) is 16.6 Å². The number of halogens is 1. The van der Waals surface area contributed by atoms with Crippen LogP contribution < -0.4 is 5.01 Å². The Morgan fingerprint density at radius 3 is 2.35 bits per heavy atom. The van der Waals surface area contributed by atoms with Crippen molar-refractivity contribution >= 4 is 35.1 Å². The molecule has 5 heteroatoms. The molecule has 0 radical (unpaired) electrons. The second kappa shape index (κ2) is 6.26. The van der Waals surface area contributed by atoms with Crippen LogP contribution in [0.5, 0.6) is 0 Å². The van der Waals surface area contributed by atoms with Crippen molar-refractivity contribution in [2.75, 3.05) is 12.1 Å². The molecule has 0 atom stereocenters. The molecular weight excluding hydrogens is 310 g/mol. The number of hydrazine groups is 1. The van der Waals surface area contributed by atoms with Gasteiger partial charge in [-0.2, -0.15) is 4.99 Å². The molecule has 0 saturated heterocycles. The Hall–Kier alpha value is -2.59. The van der Waals surface area contributed by atoms with E-state index in [1.807, 2.05) is 72.5 Å². The zero-order valence-corrected chi connectivity index (χ0v) is 13.7. The van der Waals surface area contributed by atoms with Crippen molar-refractivity contribution in [1.29, 1.82) is 0 Å². The Labute approximate surface area is 140 Å². The number of carbonyl (C=O) groups is 1. The lowest BCUT2D eigenvalue weighted by molar-refractivity contribution is -0.116. The lowest BCUT2D eigenvalue weighted by Crippen LogP contribution is -2.48. The van der Waals surface area contributed by atoms with Crippen molar-refractivity contribution in [3.63, 3.8) is 0 Å². The Morgan fingerprint density at radius 2 is 1.70 bits per heavy atom. The minimum atomic E-state index is -0.257. The molecular formula is C18H16ClN3O. The summed E-state index contributed by atoms with van der Waals surface area (Å²) in [6, 6.07) is 17.1. The lowest BCUT2D eigenvalue weighted by Gasteiger charge is -2.38. The molecule has 23 heavy (non-hydrogen) atoms. The highest BCUT2D eigenvalue weighted by Gasteiger charge is 2.27. The fourth-order valence-corrected chi connectivity index (χ4v) is 2.64. The van der Waals surface area contributed by atoms with Crippen LogP contribution in [0.25, 0.3) is 6.08 Å². The van der Waals surface area contributed by atoms with Gasteiger partial charge in [0.15, 0.2) is 0 Å². The quantitative estimate of drug-likeness (QED) is 0.783. The van der Waals surface area contributed by atoms with Crippen LogP contribution in [-0.2, 0) is 4.79 Å². The molecule has 0 aromatic heterocycles. The summed E-state index contributed by atoms with van der Waals surface area (Å²) in [6.45, 7) is 1.82. The van der Waals surface area contributed by atoms with Crippen LogP contribution in [0.4, 0.5) is 5.69 Å². The number of hydrogen-bond donors (Lipinski definition) is 0. The molecule has 0 unspecified atom stereocenters. The molecule has 1 heterocycles. The molecule has 1 aliphatic heterocycles. The summed E-state index contributed by atoms with van der Waals surface area (Å²) in [7, 11) is 1.85. The molecule has 0 fully saturated rings. The number of anilines is 1. The summed E-state index contributed by atoms with van der Waals surface area (Å²) in [4.78, 5) is 16.5. The van der Waals surface area contributed by atoms with Crippen LogP contribution in [0, 0.1) is 0 Å². The lowest BCUT2D eigenvalue weighted by atomic mass is 10.1. The first-order valence-corrected chi connectivity index (χ1v) is 7.60. The molecule has 0 aliphatic carbocycles. The number of likely N-dealkylation sites (N-methyl/N-ethyl adjacent to an activating group) is 1. The van der Waals surface area contributed by atoms with E-state index in [4.69, 9.17) is 11.6 Å². The first kappa shape index (κ1) is 15.3. The fraction of sp³-hybridized carbons (Fsp3) is 0.111. The Bertz CT molecular complexity index is 782. The highest BCUT2D eigenvalue weighted by Crippen LogP contribution is 2.25. The second-order valence-electron chi connectivity index (χ2n) is 5.22. The van der Waals surface area contributed by atoms with Crippen LogP contribution in [0.2, 0.25) is 5.02 Å². The minimum absolute atomic E-state index is 0.257. The maximum absolute atomic E-state index is 12.3. The van der Waals surface area contributed by atoms with E-state index in [9.17, 15) is 4.79 Å². The highest BCUT2D eigenvalue weighted by atomic mass is 35.5. The molecule has 0 N–H and O–H groups in total. The Balaban J connectivity index is 2.02. The van der Waals surface area contributed by atoms with E-state index < -0.39 is 0 Å². The van der Waals surface area contributed by atoms with Gasteiger partial charge in [0.05, 0.1) is 5.69 Å². The van der Waals surface area contributed by atoms with E-state index in [0.717, 1.165) is 11.3 Å². The predicted octanol–water partition coefficient (Wildman–Crippen LogP) is 3.99. The molecule has 1 aliphatic rings. The summed E-state index contributed by atoms with van der Waals surface area (Å²) in [6.07, 6.45) is 1.81. The van der Waals surface area contributed by atoms with Gasteiger partial charge in [0.25, 0.3) is 5.91 Å². The summed E-state index contributed by atoms with van der Waals surface area (Å²) < 4.78 is 0. The van der Waals surface area contributed by atoms with Crippen LogP contribution in [0.3, 0.4) is 0 Å². The van der Waals surface area contributed by atoms with Gasteiger partial charge in [0.2, 0.25) is 0 Å². The molecule has 3 rings (SSSR count). The SMILES string of the molecule is CC1=NC(=O)/C(=C\c2ccc(Cl)cc2)N(C)N1c1ccccc1. The van der Waals surface area contributed by atoms with E-state index in [1.165, 1.54) is 0 Å². The van der Waals surface area contributed by atoms with Gasteiger partial charge in [0, 0.05) is 12.1 Å². The standard InChI is InChI=1S/C18H16ClN3O/c1-13-20-18(23)17(12-14-8-10-15(19)11-9-14)21(2)22(13)16-6-4-3-5-7-16/h3-12H,1-2H3/b17-12+. The maximum Gasteiger partial charge on any atom is 0.296 e. The monoisotopic (exact) mass is 325 g/mol. The van der Waals surface area contributed by atoms with Crippen molar-refractivity contribution in [1.82, 2.24) is 5.01 Å². The third-order valence-corrected chi connectivity index (χ3v) is 3.86. The van der Waals surface area contributed by atoms with Gasteiger partial charge < -0.3 is 0 Å². The van der Waals surface area contributed by atoms with Crippen molar-refractivity contribution in [3.05, 3.63) is 70.9 Å². The summed E-state index contributed by atoms with van der Waals surface area (Å²) in [5.41, 5.74) is 2.35. The average molecular weight is 326 g/mol. The molecule has 2 aromatic carbocycles. The first-order valence-electron chi connectivity index (χ1n) is 7.22. The van der Waals surface area contributed by atoms with Crippen molar-refractivity contribution in [2.45, 2.75) is 6.92 Å². The van der Waals surface area contributed by atoms with Crippen LogP contribution in [0.1, 0.15) is 12.5 Å². The zero-order chi connectivity index (χ0) is 16.4. The Kier molecular flexibility index (Phi) is 4.17. The van der Waals surface area contributed by atoms with Gasteiger partial charge in [-0.1, -0.05) is 41.9 Å². The van der Waals surface area contributed by atoms with Gasteiger partial charge in [0.1, 0.15) is 11.5 Å². The van der Waals surface area contributed by atoms with Crippen LogP contribution >= 0.6 is 11.6 Å². The van der Waals surface area contributed by atoms with Crippen LogP contribution in [-0.4, -0.2) is 23.8 Å². The molecule has 1 amide bonds. The zero-order valence-electron chi connectivity index (χ0n) is 12.9. The summed E-state index contributed by atoms with van der Waals surface area (Å²) >= 11 is 5.91. The number of amides is 1. The van der Waals surface area contributed by atoms with Gasteiger partial charge in [-0.25, -0.2) is 5.01 Å². The molecule has 0 spiro atoms. The number of carbonyl (C=O) groups excluding carboxylic acids is 1. The number of para-hydroxylation sites is 1. The third kappa shape index (κ3) is 3.12. The summed E-state index contributed by atoms with van der Waals surface area (Å²) in [5, 5.41) is 4.38. The molecule has 4 nitrogen and oxygen atoms in total. The topological polar surface area (TPSA) is 35.9 Å². The van der Waals surface area contributed by atoms with Gasteiger partial charge in [-0.15, -0.1) is 0 Å². The van der Waals surface area contributed by atoms with Gasteiger partial charge in [-0.3, -0.25) is 9.80 Å². The predicted molar refractivity (Wildman–Crippen MR) is 94.2 cm³/mol. The number of benzene rings is 2. The molecule has 0 bridgehead atoms. The van der Waals surface area contributed by atoms with E-state index >= 15 is 0 Å². The number of rotatable bonds is 2. The molecule has 2 aromatic rings. The van der Waals surface area contributed by atoms with E-state index in [1.54, 1.807) is 12.1 Å². The van der Waals surface area contributed by atoms with Gasteiger partial charge in [-0.05, 0) is 42.8 Å². The molecule has 0 saturated carbocycles. The first-order chi connectivity index (χ1) is 11.1. The van der Waals surface area contributed by atoms with Crippen molar-refractivity contribution < 1.29 is 4.79 Å². The normalized spacial score (nSPS) is 16.7. The van der Waals surface area contributed by atoms with E-state index in [2.05, 4.69) is 4.99 Å². The average Bonchev–Trinajstić information content (AvgIpc) is 2.54. The Morgan fingerprint density at radius 1 is 1.04 bits per heavy atom. The fourth-order valence-electron chi connectivity index (χ4n) is 2.52. The number of nitrogens with zero attached hydrogens (tertiary/aromatic N) is 3. The largest absolute Gasteiger partial charge is 0.296 e. The van der Waals surface area contributed by atoms with Crippen LogP contribution in [0.15, 0.2) is 65.3 Å². The third-order valence-electron chi connectivity index (χ3n) is 3.61. The molecule has 116 valence electrons. The second-order valence-corrected chi connectivity index (χ2v) is 5.65. The summed E-state index contributed by atoms with van der Waals surface area (Å²) in [5.74, 6) is 0.379. The minimum Gasteiger partial charge on any atom is -0.277 e.